The third kappa shape index (κ3) is 2.22. The fraction of sp³-hybridized carbons (Fsp3) is 0.500. The number of aromatic nitrogens is 2. The van der Waals surface area contributed by atoms with Crippen LogP contribution in [-0.4, -0.2) is 56.8 Å². The van der Waals surface area contributed by atoms with Crippen LogP contribution in [0.3, 0.4) is 0 Å². The molecule has 0 saturated carbocycles. The lowest BCUT2D eigenvalue weighted by Gasteiger charge is -2.47. The molecular weight excluding hydrogens is 375 g/mol. The summed E-state index contributed by atoms with van der Waals surface area (Å²) in [5.41, 5.74) is 0.658. The minimum atomic E-state index is -0.911. The molecule has 2 aromatic rings. The van der Waals surface area contributed by atoms with Gasteiger partial charge in [0.15, 0.2) is 11.0 Å². The van der Waals surface area contributed by atoms with Crippen LogP contribution in [0.1, 0.15) is 25.5 Å². The molecule has 0 aromatic carbocycles. The molecule has 1 N–H and O–H groups in total. The van der Waals surface area contributed by atoms with Gasteiger partial charge in [-0.05, 0) is 32.8 Å². The van der Waals surface area contributed by atoms with Crippen LogP contribution in [0.15, 0.2) is 6.07 Å². The Hall–Kier alpha value is -2.35. The van der Waals surface area contributed by atoms with Crippen LogP contribution in [-0.2, 0) is 0 Å². The van der Waals surface area contributed by atoms with Crippen molar-refractivity contribution in [3.05, 3.63) is 22.7 Å². The van der Waals surface area contributed by atoms with E-state index in [-0.39, 0.29) is 35.3 Å². The van der Waals surface area contributed by atoms with Crippen LogP contribution in [0.4, 0.5) is 15.0 Å². The standard InChI is InChI=1S/C18H18ClFN4O3/c1-7-5-10-12-16(21-7)23-6-9-3-4-11(24(9)18(25)26)14(23)8(2)27-17(12)22-15(19)13(10)20/h5,8-9,11,14H,3-4,6H2,1-2H3,(H,25,26). The number of carboxylic acid groups (broad SMARTS) is 1. The zero-order valence-electron chi connectivity index (χ0n) is 14.8. The number of ether oxygens (including phenoxy) is 1. The Kier molecular flexibility index (Phi) is 3.47. The SMILES string of the molecule is Cc1cc2c(F)c(Cl)nc3c2c(n1)N1CC2CCC(C1C(C)O3)N2C(=O)O. The molecule has 5 rings (SSSR count). The fourth-order valence-corrected chi connectivity index (χ4v) is 5.14. The minimum absolute atomic E-state index is 0.111. The second kappa shape index (κ2) is 5.58. The second-order valence-corrected chi connectivity index (χ2v) is 7.84. The number of halogens is 2. The van der Waals surface area contributed by atoms with E-state index in [0.717, 1.165) is 12.8 Å². The first kappa shape index (κ1) is 16.8. The third-order valence-electron chi connectivity index (χ3n) is 5.94. The number of pyridine rings is 2. The summed E-state index contributed by atoms with van der Waals surface area (Å²) in [6.45, 7) is 4.19. The van der Waals surface area contributed by atoms with Crippen molar-refractivity contribution in [1.29, 1.82) is 0 Å². The first-order valence-corrected chi connectivity index (χ1v) is 9.35. The van der Waals surface area contributed by atoms with Crippen molar-refractivity contribution in [2.75, 3.05) is 11.4 Å². The third-order valence-corrected chi connectivity index (χ3v) is 6.19. The fourth-order valence-electron chi connectivity index (χ4n) is 4.96. The highest BCUT2D eigenvalue weighted by Crippen LogP contribution is 2.45. The molecule has 2 saturated heterocycles. The van der Waals surface area contributed by atoms with Crippen molar-refractivity contribution >= 4 is 34.3 Å². The van der Waals surface area contributed by atoms with E-state index in [4.69, 9.17) is 16.3 Å². The average Bonchev–Trinajstić information content (AvgIpc) is 2.86. The van der Waals surface area contributed by atoms with E-state index in [0.29, 0.717) is 28.8 Å². The van der Waals surface area contributed by atoms with Crippen LogP contribution in [0, 0.1) is 12.7 Å². The van der Waals surface area contributed by atoms with Crippen LogP contribution in [0.5, 0.6) is 5.88 Å². The summed E-state index contributed by atoms with van der Waals surface area (Å²) < 4.78 is 20.8. The highest BCUT2D eigenvalue weighted by molar-refractivity contribution is 6.30. The topological polar surface area (TPSA) is 78.8 Å². The molecule has 4 unspecified atom stereocenters. The molecule has 0 aliphatic carbocycles. The van der Waals surface area contributed by atoms with Gasteiger partial charge in [0.05, 0.1) is 23.5 Å². The van der Waals surface area contributed by atoms with Crippen LogP contribution < -0.4 is 9.64 Å². The molecule has 0 spiro atoms. The summed E-state index contributed by atoms with van der Waals surface area (Å²) in [6.07, 6.45) is 0.291. The van der Waals surface area contributed by atoms with Crippen molar-refractivity contribution in [2.24, 2.45) is 0 Å². The van der Waals surface area contributed by atoms with E-state index in [2.05, 4.69) is 14.9 Å². The summed E-state index contributed by atoms with van der Waals surface area (Å²) in [4.78, 5) is 24.2. The Balaban J connectivity index is 1.76. The molecule has 1 amide bonds. The van der Waals surface area contributed by atoms with Crippen molar-refractivity contribution in [3.8, 4) is 5.88 Å². The molecule has 2 bridgehead atoms. The lowest BCUT2D eigenvalue weighted by molar-refractivity contribution is 0.0707. The molecule has 3 aliphatic rings. The van der Waals surface area contributed by atoms with Gasteiger partial charge in [0.1, 0.15) is 11.9 Å². The maximum absolute atomic E-state index is 14.7. The Morgan fingerprint density at radius 2 is 2.19 bits per heavy atom. The number of hydrogen-bond donors (Lipinski definition) is 1. The highest BCUT2D eigenvalue weighted by atomic mass is 35.5. The predicted molar refractivity (Wildman–Crippen MR) is 97.1 cm³/mol. The zero-order chi connectivity index (χ0) is 19.0. The van der Waals surface area contributed by atoms with Gasteiger partial charge in [0, 0.05) is 17.6 Å². The summed E-state index contributed by atoms with van der Waals surface area (Å²) in [6, 6.07) is 1.10. The number of aryl methyl sites for hydroxylation is 1. The van der Waals surface area contributed by atoms with E-state index in [1.54, 1.807) is 17.9 Å². The monoisotopic (exact) mass is 392 g/mol. The molecule has 3 aliphatic heterocycles. The quantitative estimate of drug-likeness (QED) is 0.693. The van der Waals surface area contributed by atoms with Gasteiger partial charge in [-0.15, -0.1) is 0 Å². The largest absolute Gasteiger partial charge is 0.472 e. The summed E-state index contributed by atoms with van der Waals surface area (Å²) in [7, 11) is 0. The number of carbonyl (C=O) groups is 1. The number of amides is 1. The van der Waals surface area contributed by atoms with Gasteiger partial charge in [-0.3, -0.25) is 4.90 Å². The Labute approximate surface area is 159 Å². The van der Waals surface area contributed by atoms with Crippen molar-refractivity contribution < 1.29 is 19.0 Å². The molecule has 4 atom stereocenters. The molecule has 5 heterocycles. The van der Waals surface area contributed by atoms with Crippen molar-refractivity contribution in [1.82, 2.24) is 14.9 Å². The predicted octanol–water partition coefficient (Wildman–Crippen LogP) is 3.21. The maximum Gasteiger partial charge on any atom is 0.407 e. The maximum atomic E-state index is 14.7. The molecule has 7 nitrogen and oxygen atoms in total. The Morgan fingerprint density at radius 1 is 1.41 bits per heavy atom. The van der Waals surface area contributed by atoms with Crippen LogP contribution in [0.25, 0.3) is 10.8 Å². The first-order chi connectivity index (χ1) is 12.9. The summed E-state index contributed by atoms with van der Waals surface area (Å²) >= 11 is 6.00. The van der Waals surface area contributed by atoms with Gasteiger partial charge in [-0.1, -0.05) is 11.6 Å². The molecule has 142 valence electrons. The van der Waals surface area contributed by atoms with Gasteiger partial charge in [-0.25, -0.2) is 14.2 Å². The van der Waals surface area contributed by atoms with Gasteiger partial charge >= 0.3 is 6.09 Å². The molecule has 2 fully saturated rings. The lowest BCUT2D eigenvalue weighted by Crippen LogP contribution is -2.64. The smallest absolute Gasteiger partial charge is 0.407 e. The lowest BCUT2D eigenvalue weighted by atomic mass is 9.98. The van der Waals surface area contributed by atoms with Crippen molar-refractivity contribution in [2.45, 2.75) is 50.9 Å². The van der Waals surface area contributed by atoms with Gasteiger partial charge in [-0.2, -0.15) is 4.98 Å². The molecule has 0 radical (unpaired) electrons. The number of nitrogens with zero attached hydrogens (tertiary/aromatic N) is 4. The summed E-state index contributed by atoms with van der Waals surface area (Å²) in [5, 5.41) is 10.3. The minimum Gasteiger partial charge on any atom is -0.472 e. The van der Waals surface area contributed by atoms with Gasteiger partial charge in [0.2, 0.25) is 5.88 Å². The number of hydrogen-bond acceptors (Lipinski definition) is 5. The average molecular weight is 393 g/mol. The van der Waals surface area contributed by atoms with Crippen molar-refractivity contribution in [3.63, 3.8) is 0 Å². The number of rotatable bonds is 0. The molecular formula is C18H18ClFN4O3. The number of fused-ring (bicyclic) bond motifs is 5. The summed E-state index contributed by atoms with van der Waals surface area (Å²) in [5.74, 6) is 0.252. The molecule has 2 aromatic heterocycles. The first-order valence-electron chi connectivity index (χ1n) is 8.97. The Bertz CT molecular complexity index is 987. The highest BCUT2D eigenvalue weighted by Gasteiger charge is 2.52. The van der Waals surface area contributed by atoms with Gasteiger partial charge < -0.3 is 14.7 Å². The normalized spacial score (nSPS) is 28.7. The van der Waals surface area contributed by atoms with Gasteiger partial charge in [0.25, 0.3) is 0 Å². The zero-order valence-corrected chi connectivity index (χ0v) is 15.6. The van der Waals surface area contributed by atoms with E-state index < -0.39 is 11.9 Å². The Morgan fingerprint density at radius 3 is 2.93 bits per heavy atom. The van der Waals surface area contributed by atoms with E-state index in [9.17, 15) is 14.3 Å². The van der Waals surface area contributed by atoms with Crippen LogP contribution in [0.2, 0.25) is 5.15 Å². The van der Waals surface area contributed by atoms with E-state index in [1.165, 1.54) is 0 Å². The number of anilines is 1. The number of piperazine rings is 1. The van der Waals surface area contributed by atoms with Crippen LogP contribution >= 0.6 is 11.6 Å². The van der Waals surface area contributed by atoms with E-state index >= 15 is 0 Å². The molecule has 9 heteroatoms. The molecule has 27 heavy (non-hydrogen) atoms. The van der Waals surface area contributed by atoms with E-state index in [1.807, 2.05) is 6.92 Å². The second-order valence-electron chi connectivity index (χ2n) is 7.49.